The molecule has 10 aromatic carbocycles. The van der Waals surface area contributed by atoms with Gasteiger partial charge in [0, 0.05) is 43.7 Å². The van der Waals surface area contributed by atoms with Crippen LogP contribution in [0.25, 0.3) is 88.1 Å². The molecule has 0 aliphatic rings. The zero-order valence-corrected chi connectivity index (χ0v) is 35.9. The van der Waals surface area contributed by atoms with Crippen LogP contribution < -0.4 is 20.7 Å². The van der Waals surface area contributed by atoms with Gasteiger partial charge in [0.25, 0.3) is 0 Å². The van der Waals surface area contributed by atoms with Crippen molar-refractivity contribution in [3.05, 3.63) is 243 Å². The minimum absolute atomic E-state index is 0.900. The lowest BCUT2D eigenvalue weighted by molar-refractivity contribution is 0.671. The molecular weight excluding hydrogens is 793 g/mol. The van der Waals surface area contributed by atoms with E-state index in [0.29, 0.717) is 0 Å². The Morgan fingerprint density at radius 1 is 0.297 bits per heavy atom. The molecular formula is C60H40N2OSi. The minimum atomic E-state index is -2.94. The fourth-order valence-electron chi connectivity index (χ4n) is 10.7. The number of hydrogen-bond donors (Lipinski definition) is 0. The summed E-state index contributed by atoms with van der Waals surface area (Å²) in [7, 11) is -2.94. The topological polar surface area (TPSA) is 23.0 Å². The van der Waals surface area contributed by atoms with Gasteiger partial charge < -0.3 is 13.6 Å². The molecule has 0 spiro atoms. The zero-order valence-electron chi connectivity index (χ0n) is 34.9. The van der Waals surface area contributed by atoms with Crippen molar-refractivity contribution in [1.82, 2.24) is 9.13 Å². The predicted molar refractivity (Wildman–Crippen MR) is 271 cm³/mol. The lowest BCUT2D eigenvalue weighted by Crippen LogP contribution is -2.74. The second-order valence-corrected chi connectivity index (χ2v) is 20.6. The molecule has 0 bridgehead atoms. The van der Waals surface area contributed by atoms with Crippen molar-refractivity contribution in [2.75, 3.05) is 0 Å². The Morgan fingerprint density at radius 3 is 1.53 bits per heavy atom. The first kappa shape index (κ1) is 36.5. The highest BCUT2D eigenvalue weighted by Gasteiger charge is 2.41. The average Bonchev–Trinajstić information content (AvgIpc) is 4.03. The van der Waals surface area contributed by atoms with Crippen LogP contribution in [0, 0.1) is 0 Å². The molecule has 0 N–H and O–H groups in total. The number of rotatable bonds is 7. The maximum absolute atomic E-state index is 6.76. The molecule has 0 aliphatic carbocycles. The highest BCUT2D eigenvalue weighted by Crippen LogP contribution is 2.40. The van der Waals surface area contributed by atoms with Crippen molar-refractivity contribution >= 4 is 94.4 Å². The molecule has 300 valence electrons. The van der Waals surface area contributed by atoms with Gasteiger partial charge in [-0.3, -0.25) is 0 Å². The van der Waals surface area contributed by atoms with Gasteiger partial charge in [-0.25, -0.2) is 0 Å². The van der Waals surface area contributed by atoms with E-state index in [-0.39, 0.29) is 0 Å². The van der Waals surface area contributed by atoms with E-state index in [1.54, 1.807) is 0 Å². The third kappa shape index (κ3) is 5.39. The van der Waals surface area contributed by atoms with Crippen LogP contribution in [0.2, 0.25) is 0 Å². The summed E-state index contributed by atoms with van der Waals surface area (Å²) in [4.78, 5) is 0. The van der Waals surface area contributed by atoms with Crippen LogP contribution in [-0.4, -0.2) is 17.2 Å². The quantitative estimate of drug-likeness (QED) is 0.116. The van der Waals surface area contributed by atoms with E-state index in [2.05, 4.69) is 252 Å². The van der Waals surface area contributed by atoms with Gasteiger partial charge in [-0.2, -0.15) is 0 Å². The number of furan rings is 1. The van der Waals surface area contributed by atoms with Crippen molar-refractivity contribution in [1.29, 1.82) is 0 Å². The lowest BCUT2D eigenvalue weighted by atomic mass is 10.0. The Labute approximate surface area is 371 Å². The number of para-hydroxylation sites is 4. The molecule has 0 atom stereocenters. The van der Waals surface area contributed by atoms with Crippen molar-refractivity contribution in [2.24, 2.45) is 0 Å². The normalized spacial score (nSPS) is 12.1. The first-order chi connectivity index (χ1) is 31.8. The molecule has 3 nitrogen and oxygen atoms in total. The van der Waals surface area contributed by atoms with Crippen LogP contribution in [0.5, 0.6) is 0 Å². The molecule has 13 rings (SSSR count). The number of fused-ring (bicyclic) bond motifs is 10. The van der Waals surface area contributed by atoms with E-state index >= 15 is 0 Å². The van der Waals surface area contributed by atoms with Gasteiger partial charge in [-0.1, -0.05) is 182 Å². The smallest absolute Gasteiger partial charge is 0.179 e. The Hall–Kier alpha value is -8.18. The van der Waals surface area contributed by atoms with Gasteiger partial charge in [0.05, 0.1) is 22.1 Å². The molecule has 0 amide bonds. The molecule has 0 saturated carbocycles. The number of aromatic nitrogens is 2. The van der Waals surface area contributed by atoms with Crippen LogP contribution in [0.3, 0.4) is 0 Å². The molecule has 0 saturated heterocycles. The van der Waals surface area contributed by atoms with Crippen molar-refractivity contribution in [2.45, 2.75) is 0 Å². The van der Waals surface area contributed by atoms with E-state index in [4.69, 9.17) is 4.42 Å². The second-order valence-electron chi connectivity index (χ2n) is 16.8. The SMILES string of the molecule is c1ccc(-n2c3ccccc3c3cc(-c4ccc([Si](c5ccccc5)(c5ccccc5)c5cccc(-n6c7ccccc7c7ccc8c9ccccc9oc8c76)c5)cc4)ccc32)cc1. The molecule has 64 heavy (non-hydrogen) atoms. The largest absolute Gasteiger partial charge is 0.454 e. The summed E-state index contributed by atoms with van der Waals surface area (Å²) >= 11 is 0. The maximum atomic E-state index is 6.76. The zero-order chi connectivity index (χ0) is 42.2. The Morgan fingerprint density at radius 2 is 0.812 bits per heavy atom. The van der Waals surface area contributed by atoms with E-state index in [1.165, 1.54) is 70.1 Å². The predicted octanol–water partition coefficient (Wildman–Crippen LogP) is 12.8. The highest BCUT2D eigenvalue weighted by atomic mass is 28.3. The van der Waals surface area contributed by atoms with Crippen LogP contribution in [0.1, 0.15) is 0 Å². The summed E-state index contributed by atoms with van der Waals surface area (Å²) in [5.74, 6) is 0. The summed E-state index contributed by atoms with van der Waals surface area (Å²) in [6.45, 7) is 0. The molecule has 0 fully saturated rings. The highest BCUT2D eigenvalue weighted by molar-refractivity contribution is 7.19. The van der Waals surface area contributed by atoms with Gasteiger partial charge in [-0.05, 0) is 92.5 Å². The molecule has 0 radical (unpaired) electrons. The van der Waals surface area contributed by atoms with Crippen LogP contribution in [-0.2, 0) is 0 Å². The standard InChI is InChI=1S/C60H40N2OSi/c1-4-17-43(18-5-1)61-55-28-13-11-26-50(55)54-39-42(33-38-57(54)61)41-31-34-47(35-32-41)64(45-20-6-2-7-21-45,46-22-8-3-9-23-46)48-24-16-19-44(40-48)62-56-29-14-10-25-49(56)52-36-37-53-51-27-12-15-30-58(51)63-60(53)59(52)62/h1-40H. The molecule has 13 aromatic rings. The number of nitrogens with zero attached hydrogens (tertiary/aromatic N) is 2. The van der Waals surface area contributed by atoms with Crippen molar-refractivity contribution in [3.63, 3.8) is 0 Å². The first-order valence-electron chi connectivity index (χ1n) is 22.0. The molecule has 4 heteroatoms. The summed E-state index contributed by atoms with van der Waals surface area (Å²) in [5.41, 5.74) is 11.1. The van der Waals surface area contributed by atoms with Crippen LogP contribution in [0.15, 0.2) is 247 Å². The van der Waals surface area contributed by atoms with Gasteiger partial charge in [0.2, 0.25) is 0 Å². The monoisotopic (exact) mass is 832 g/mol. The molecule has 3 aromatic heterocycles. The summed E-state index contributed by atoms with van der Waals surface area (Å²) < 4.78 is 11.6. The van der Waals surface area contributed by atoms with Crippen molar-refractivity contribution in [3.8, 4) is 22.5 Å². The summed E-state index contributed by atoms with van der Waals surface area (Å²) in [6.07, 6.45) is 0. The summed E-state index contributed by atoms with van der Waals surface area (Å²) in [6, 6.07) is 89.3. The van der Waals surface area contributed by atoms with Gasteiger partial charge >= 0.3 is 0 Å². The lowest BCUT2D eigenvalue weighted by Gasteiger charge is -2.35. The van der Waals surface area contributed by atoms with E-state index in [0.717, 1.165) is 38.7 Å². The van der Waals surface area contributed by atoms with Gasteiger partial charge in [0.15, 0.2) is 13.7 Å². The third-order valence-corrected chi connectivity index (χ3v) is 18.2. The Kier molecular flexibility index (Phi) is 8.23. The van der Waals surface area contributed by atoms with Gasteiger partial charge in [-0.15, -0.1) is 0 Å². The maximum Gasteiger partial charge on any atom is 0.179 e. The minimum Gasteiger partial charge on any atom is -0.454 e. The van der Waals surface area contributed by atoms with E-state index < -0.39 is 8.07 Å². The van der Waals surface area contributed by atoms with Crippen LogP contribution >= 0.6 is 0 Å². The molecule has 3 heterocycles. The van der Waals surface area contributed by atoms with Crippen LogP contribution in [0.4, 0.5) is 0 Å². The summed E-state index contributed by atoms with van der Waals surface area (Å²) in [5, 5.41) is 12.5. The third-order valence-electron chi connectivity index (χ3n) is 13.5. The Bertz CT molecular complexity index is 3840. The van der Waals surface area contributed by atoms with E-state index in [1.807, 2.05) is 0 Å². The van der Waals surface area contributed by atoms with Crippen molar-refractivity contribution < 1.29 is 4.42 Å². The second kappa shape index (κ2) is 14.5. The number of benzene rings is 10. The average molecular weight is 833 g/mol. The number of hydrogen-bond acceptors (Lipinski definition) is 1. The molecule has 0 unspecified atom stereocenters. The Balaban J connectivity index is 1.02. The van der Waals surface area contributed by atoms with Gasteiger partial charge in [0.1, 0.15) is 5.58 Å². The fourth-order valence-corrected chi connectivity index (χ4v) is 15.4. The molecule has 0 aliphatic heterocycles. The fraction of sp³-hybridized carbons (Fsp3) is 0. The van der Waals surface area contributed by atoms with E-state index in [9.17, 15) is 0 Å². The first-order valence-corrected chi connectivity index (χ1v) is 24.0.